The summed E-state index contributed by atoms with van der Waals surface area (Å²) in [5, 5.41) is 0.256. The monoisotopic (exact) mass is 330 g/mol. The van der Waals surface area contributed by atoms with Crippen molar-refractivity contribution in [3.63, 3.8) is 0 Å². The molecular formula is C12H9BrClFN2O. The second-order valence-electron chi connectivity index (χ2n) is 3.55. The first-order chi connectivity index (χ1) is 8.60. The highest BCUT2D eigenvalue weighted by atomic mass is 79.9. The van der Waals surface area contributed by atoms with Crippen LogP contribution in [0.1, 0.15) is 5.82 Å². The summed E-state index contributed by atoms with van der Waals surface area (Å²) in [7, 11) is 1.53. The smallest absolute Gasteiger partial charge is 0.156 e. The quantitative estimate of drug-likeness (QED) is 0.801. The molecule has 0 unspecified atom stereocenters. The molecule has 3 nitrogen and oxygen atoms in total. The highest BCUT2D eigenvalue weighted by molar-refractivity contribution is 9.10. The Labute approximate surface area is 117 Å². The van der Waals surface area contributed by atoms with E-state index in [1.54, 1.807) is 12.1 Å². The molecule has 2 aromatic rings. The lowest BCUT2D eigenvalue weighted by Crippen LogP contribution is -1.99. The van der Waals surface area contributed by atoms with Crippen LogP contribution < -0.4 is 0 Å². The van der Waals surface area contributed by atoms with E-state index in [4.69, 9.17) is 16.3 Å². The summed E-state index contributed by atoms with van der Waals surface area (Å²) < 4.78 is 19.5. The van der Waals surface area contributed by atoms with Crippen LogP contribution in [0.5, 0.6) is 0 Å². The summed E-state index contributed by atoms with van der Waals surface area (Å²) in [5.74, 6) is 0.0516. The van der Waals surface area contributed by atoms with Gasteiger partial charge in [0.25, 0.3) is 0 Å². The third-order valence-corrected chi connectivity index (χ3v) is 2.91. The van der Waals surface area contributed by atoms with Gasteiger partial charge in [-0.25, -0.2) is 14.4 Å². The molecule has 0 bridgehead atoms. The van der Waals surface area contributed by atoms with Crippen LogP contribution in [0.15, 0.2) is 28.7 Å². The SMILES string of the molecule is COCc1nc(Cl)cc(-c2cc(Br)ccc2F)n1. The predicted molar refractivity (Wildman–Crippen MR) is 70.8 cm³/mol. The van der Waals surface area contributed by atoms with E-state index in [1.807, 2.05) is 0 Å². The van der Waals surface area contributed by atoms with Gasteiger partial charge in [-0.05, 0) is 18.2 Å². The Bertz CT molecular complexity index is 580. The highest BCUT2D eigenvalue weighted by Gasteiger charge is 2.10. The van der Waals surface area contributed by atoms with Gasteiger partial charge in [-0.3, -0.25) is 0 Å². The van der Waals surface area contributed by atoms with Gasteiger partial charge in [-0.2, -0.15) is 0 Å². The van der Waals surface area contributed by atoms with Crippen LogP contribution in [0.4, 0.5) is 4.39 Å². The first-order valence-electron chi connectivity index (χ1n) is 5.08. The molecule has 0 amide bonds. The molecule has 6 heteroatoms. The third kappa shape index (κ3) is 3.04. The van der Waals surface area contributed by atoms with E-state index in [9.17, 15) is 4.39 Å². The predicted octanol–water partition coefficient (Wildman–Crippen LogP) is 3.85. The zero-order chi connectivity index (χ0) is 13.1. The van der Waals surface area contributed by atoms with Crippen molar-refractivity contribution in [3.8, 4) is 11.3 Å². The van der Waals surface area contributed by atoms with Gasteiger partial charge < -0.3 is 4.74 Å². The minimum absolute atomic E-state index is 0.225. The number of hydrogen-bond donors (Lipinski definition) is 0. The maximum absolute atomic E-state index is 13.7. The summed E-state index contributed by atoms with van der Waals surface area (Å²) in [6, 6.07) is 6.15. The molecular weight excluding hydrogens is 323 g/mol. The van der Waals surface area contributed by atoms with Crippen molar-refractivity contribution in [2.75, 3.05) is 7.11 Å². The number of benzene rings is 1. The van der Waals surface area contributed by atoms with Gasteiger partial charge in [-0.15, -0.1) is 0 Å². The van der Waals surface area contributed by atoms with E-state index in [-0.39, 0.29) is 17.6 Å². The average molecular weight is 332 g/mol. The van der Waals surface area contributed by atoms with Gasteiger partial charge in [0.05, 0.1) is 5.69 Å². The Morgan fingerprint density at radius 2 is 2.11 bits per heavy atom. The second-order valence-corrected chi connectivity index (χ2v) is 4.85. The first kappa shape index (κ1) is 13.4. The molecule has 0 atom stereocenters. The molecule has 2 rings (SSSR count). The third-order valence-electron chi connectivity index (χ3n) is 2.22. The molecule has 18 heavy (non-hydrogen) atoms. The number of ether oxygens (including phenoxy) is 1. The van der Waals surface area contributed by atoms with Crippen LogP contribution >= 0.6 is 27.5 Å². The van der Waals surface area contributed by atoms with Crippen LogP contribution in [0, 0.1) is 5.82 Å². The number of methoxy groups -OCH3 is 1. The molecule has 0 radical (unpaired) electrons. The van der Waals surface area contributed by atoms with Crippen molar-refractivity contribution in [1.82, 2.24) is 9.97 Å². The largest absolute Gasteiger partial charge is 0.377 e. The Balaban J connectivity index is 2.52. The summed E-state index contributed by atoms with van der Waals surface area (Å²) in [6.07, 6.45) is 0. The Morgan fingerprint density at radius 1 is 1.33 bits per heavy atom. The van der Waals surface area contributed by atoms with Crippen LogP contribution in [-0.4, -0.2) is 17.1 Å². The van der Waals surface area contributed by atoms with E-state index in [0.717, 1.165) is 4.47 Å². The molecule has 0 saturated heterocycles. The highest BCUT2D eigenvalue weighted by Crippen LogP contribution is 2.26. The van der Waals surface area contributed by atoms with Crippen LogP contribution in [0.3, 0.4) is 0 Å². The normalized spacial score (nSPS) is 10.7. The zero-order valence-corrected chi connectivity index (χ0v) is 11.8. The minimum atomic E-state index is -0.365. The fourth-order valence-electron chi connectivity index (χ4n) is 1.49. The summed E-state index contributed by atoms with van der Waals surface area (Å²) >= 11 is 9.18. The van der Waals surface area contributed by atoms with Gasteiger partial charge in [-0.1, -0.05) is 27.5 Å². The zero-order valence-electron chi connectivity index (χ0n) is 9.45. The number of aromatic nitrogens is 2. The fourth-order valence-corrected chi connectivity index (χ4v) is 2.05. The second kappa shape index (κ2) is 5.73. The molecule has 1 heterocycles. The van der Waals surface area contributed by atoms with Crippen molar-refractivity contribution >= 4 is 27.5 Å². The van der Waals surface area contributed by atoms with Crippen LogP contribution in [0.2, 0.25) is 5.15 Å². The summed E-state index contributed by atoms with van der Waals surface area (Å²) in [6.45, 7) is 0.225. The first-order valence-corrected chi connectivity index (χ1v) is 6.25. The maximum atomic E-state index is 13.7. The topological polar surface area (TPSA) is 35.0 Å². The molecule has 0 fully saturated rings. The number of nitrogens with zero attached hydrogens (tertiary/aromatic N) is 2. The van der Waals surface area contributed by atoms with Crippen molar-refractivity contribution in [2.24, 2.45) is 0 Å². The number of halogens is 3. The van der Waals surface area contributed by atoms with Crippen LogP contribution in [0.25, 0.3) is 11.3 Å². The van der Waals surface area contributed by atoms with Gasteiger partial charge in [0.15, 0.2) is 5.82 Å². The van der Waals surface area contributed by atoms with E-state index >= 15 is 0 Å². The van der Waals surface area contributed by atoms with Crippen molar-refractivity contribution in [2.45, 2.75) is 6.61 Å². The maximum Gasteiger partial charge on any atom is 0.156 e. The van der Waals surface area contributed by atoms with Crippen molar-refractivity contribution in [1.29, 1.82) is 0 Å². The lowest BCUT2D eigenvalue weighted by Gasteiger charge is -2.06. The molecule has 1 aromatic heterocycles. The molecule has 0 aliphatic rings. The summed E-state index contributed by atoms with van der Waals surface area (Å²) in [4.78, 5) is 8.21. The minimum Gasteiger partial charge on any atom is -0.377 e. The molecule has 0 spiro atoms. The van der Waals surface area contributed by atoms with Crippen molar-refractivity contribution in [3.05, 3.63) is 45.5 Å². The average Bonchev–Trinajstić information content (AvgIpc) is 2.32. The van der Waals surface area contributed by atoms with Gasteiger partial charge in [0, 0.05) is 23.2 Å². The van der Waals surface area contributed by atoms with E-state index in [0.29, 0.717) is 17.1 Å². The molecule has 0 aliphatic carbocycles. The Morgan fingerprint density at radius 3 is 2.83 bits per heavy atom. The molecule has 0 saturated carbocycles. The fraction of sp³-hybridized carbons (Fsp3) is 0.167. The number of rotatable bonds is 3. The Kier molecular flexibility index (Phi) is 4.27. The van der Waals surface area contributed by atoms with Crippen LogP contribution in [-0.2, 0) is 11.3 Å². The van der Waals surface area contributed by atoms with E-state index in [1.165, 1.54) is 19.2 Å². The van der Waals surface area contributed by atoms with Gasteiger partial charge >= 0.3 is 0 Å². The molecule has 94 valence electrons. The van der Waals surface area contributed by atoms with Gasteiger partial charge in [0.2, 0.25) is 0 Å². The lowest BCUT2D eigenvalue weighted by molar-refractivity contribution is 0.178. The summed E-state index contributed by atoms with van der Waals surface area (Å²) in [5.41, 5.74) is 0.798. The number of hydrogen-bond acceptors (Lipinski definition) is 3. The standard InChI is InChI=1S/C12H9BrClFN2O/c1-18-6-12-16-10(5-11(14)17-12)8-4-7(13)2-3-9(8)15/h2-5H,6H2,1H3. The van der Waals surface area contributed by atoms with E-state index in [2.05, 4.69) is 25.9 Å². The van der Waals surface area contributed by atoms with Gasteiger partial charge in [0.1, 0.15) is 17.6 Å². The Hall–Kier alpha value is -1.04. The van der Waals surface area contributed by atoms with Crippen molar-refractivity contribution < 1.29 is 9.13 Å². The molecule has 1 aromatic carbocycles. The lowest BCUT2D eigenvalue weighted by atomic mass is 10.1. The molecule has 0 N–H and O–H groups in total. The molecule has 0 aliphatic heterocycles. The van der Waals surface area contributed by atoms with E-state index < -0.39 is 0 Å².